The highest BCUT2D eigenvalue weighted by atomic mass is 79.9. The van der Waals surface area contributed by atoms with Crippen LogP contribution >= 0.6 is 15.9 Å². The topological polar surface area (TPSA) is 78.5 Å². The molecule has 1 heterocycles. The van der Waals surface area contributed by atoms with E-state index in [1.165, 1.54) is 17.0 Å². The van der Waals surface area contributed by atoms with Gasteiger partial charge < -0.3 is 10.6 Å². The third-order valence-corrected chi connectivity index (χ3v) is 5.08. The number of anilines is 1. The average Bonchev–Trinajstić information content (AvgIpc) is 2.96. The second-order valence-corrected chi connectivity index (χ2v) is 7.42. The molecular formula is C20H19BrFN3O3. The molecule has 0 spiro atoms. The molecule has 6 nitrogen and oxygen atoms in total. The normalized spacial score (nSPS) is 17.4. The maximum atomic E-state index is 13.8. The first kappa shape index (κ1) is 20.0. The third-order valence-electron chi connectivity index (χ3n) is 4.59. The maximum Gasteiger partial charge on any atom is 0.325 e. The van der Waals surface area contributed by atoms with Crippen molar-refractivity contribution in [2.45, 2.75) is 31.8 Å². The van der Waals surface area contributed by atoms with Crippen molar-refractivity contribution in [2.75, 3.05) is 5.32 Å². The standard InChI is InChI=1S/C20H19BrFN3O3/c1-12(13-5-3-2-4-6-13)25-19(27)17(24-20(25)28)9-10-18(26)23-16-8-7-14(21)11-15(16)22/h2-8,11-12,17H,9-10H2,1H3,(H,23,26)(H,24,28)/t12-,17+/m0/s1. The number of amides is 4. The minimum Gasteiger partial charge on any atom is -0.326 e. The van der Waals surface area contributed by atoms with Gasteiger partial charge in [0.25, 0.3) is 5.91 Å². The van der Waals surface area contributed by atoms with Gasteiger partial charge in [-0.25, -0.2) is 9.18 Å². The van der Waals surface area contributed by atoms with Crippen molar-refractivity contribution < 1.29 is 18.8 Å². The van der Waals surface area contributed by atoms with Gasteiger partial charge in [0.1, 0.15) is 11.9 Å². The van der Waals surface area contributed by atoms with E-state index in [0.29, 0.717) is 4.47 Å². The quantitative estimate of drug-likeness (QED) is 0.657. The van der Waals surface area contributed by atoms with E-state index in [-0.39, 0.29) is 24.4 Å². The zero-order chi connectivity index (χ0) is 20.3. The van der Waals surface area contributed by atoms with Crippen LogP contribution in [0.1, 0.15) is 31.4 Å². The largest absolute Gasteiger partial charge is 0.326 e. The minimum absolute atomic E-state index is 0.0280. The third kappa shape index (κ3) is 4.39. The van der Waals surface area contributed by atoms with E-state index in [4.69, 9.17) is 0 Å². The van der Waals surface area contributed by atoms with Crippen LogP contribution in [-0.4, -0.2) is 28.8 Å². The first-order valence-electron chi connectivity index (χ1n) is 8.80. The first-order valence-corrected chi connectivity index (χ1v) is 9.59. The molecule has 0 saturated carbocycles. The fourth-order valence-corrected chi connectivity index (χ4v) is 3.40. The molecule has 1 aliphatic rings. The van der Waals surface area contributed by atoms with Crippen molar-refractivity contribution in [2.24, 2.45) is 0 Å². The SMILES string of the molecule is C[C@@H](c1ccccc1)N1C(=O)N[C@H](CCC(=O)Nc2ccc(Br)cc2F)C1=O. The van der Waals surface area contributed by atoms with Crippen LogP contribution in [0, 0.1) is 5.82 Å². The van der Waals surface area contributed by atoms with E-state index in [0.717, 1.165) is 5.56 Å². The molecule has 2 aromatic rings. The van der Waals surface area contributed by atoms with Crippen molar-refractivity contribution in [3.8, 4) is 0 Å². The molecule has 146 valence electrons. The lowest BCUT2D eigenvalue weighted by molar-refractivity contribution is -0.129. The molecule has 0 unspecified atom stereocenters. The van der Waals surface area contributed by atoms with E-state index >= 15 is 0 Å². The lowest BCUT2D eigenvalue weighted by Gasteiger charge is -2.21. The van der Waals surface area contributed by atoms with Gasteiger partial charge in [0.2, 0.25) is 5.91 Å². The van der Waals surface area contributed by atoms with E-state index in [9.17, 15) is 18.8 Å². The number of nitrogens with one attached hydrogen (secondary N) is 2. The molecule has 2 aromatic carbocycles. The lowest BCUT2D eigenvalue weighted by Crippen LogP contribution is -2.34. The van der Waals surface area contributed by atoms with Gasteiger partial charge in [0.05, 0.1) is 11.7 Å². The Labute approximate surface area is 170 Å². The molecule has 3 rings (SSSR count). The summed E-state index contributed by atoms with van der Waals surface area (Å²) in [6.45, 7) is 1.78. The van der Waals surface area contributed by atoms with Crippen molar-refractivity contribution in [3.63, 3.8) is 0 Å². The second kappa shape index (κ2) is 8.52. The highest BCUT2D eigenvalue weighted by Crippen LogP contribution is 2.25. The molecule has 2 N–H and O–H groups in total. The summed E-state index contributed by atoms with van der Waals surface area (Å²) in [7, 11) is 0. The molecule has 28 heavy (non-hydrogen) atoms. The van der Waals surface area contributed by atoms with Crippen LogP contribution in [0.2, 0.25) is 0 Å². The summed E-state index contributed by atoms with van der Waals surface area (Å²) < 4.78 is 14.4. The number of hydrogen-bond acceptors (Lipinski definition) is 3. The summed E-state index contributed by atoms with van der Waals surface area (Å²) in [5.41, 5.74) is 0.907. The smallest absolute Gasteiger partial charge is 0.325 e. The molecule has 0 aliphatic carbocycles. The van der Waals surface area contributed by atoms with Crippen LogP contribution in [0.5, 0.6) is 0 Å². The number of imide groups is 1. The van der Waals surface area contributed by atoms with Gasteiger partial charge >= 0.3 is 6.03 Å². The summed E-state index contributed by atoms with van der Waals surface area (Å²) in [4.78, 5) is 38.2. The number of halogens is 2. The van der Waals surface area contributed by atoms with Crippen molar-refractivity contribution in [1.82, 2.24) is 10.2 Å². The Kier molecular flexibility index (Phi) is 6.08. The zero-order valence-electron chi connectivity index (χ0n) is 15.1. The first-order chi connectivity index (χ1) is 13.4. The second-order valence-electron chi connectivity index (χ2n) is 6.51. The van der Waals surface area contributed by atoms with Crippen molar-refractivity contribution >= 4 is 39.5 Å². The summed E-state index contributed by atoms with van der Waals surface area (Å²) in [6.07, 6.45) is 0.103. The fraction of sp³-hybridized carbons (Fsp3) is 0.250. The lowest BCUT2D eigenvalue weighted by atomic mass is 10.1. The number of hydrogen-bond donors (Lipinski definition) is 2. The summed E-state index contributed by atoms with van der Waals surface area (Å²) >= 11 is 3.15. The Morgan fingerprint density at radius 1 is 1.25 bits per heavy atom. The van der Waals surface area contributed by atoms with Gasteiger partial charge in [-0.05, 0) is 37.1 Å². The van der Waals surface area contributed by atoms with E-state index in [2.05, 4.69) is 26.6 Å². The summed E-state index contributed by atoms with van der Waals surface area (Å²) in [5, 5.41) is 5.09. The van der Waals surface area contributed by atoms with Crippen LogP contribution < -0.4 is 10.6 Å². The summed E-state index contributed by atoms with van der Waals surface area (Å²) in [6, 6.07) is 11.9. The molecule has 8 heteroatoms. The molecule has 4 amide bonds. The van der Waals surface area contributed by atoms with Crippen LogP contribution in [-0.2, 0) is 9.59 Å². The Hall–Kier alpha value is -2.74. The monoisotopic (exact) mass is 447 g/mol. The van der Waals surface area contributed by atoms with Gasteiger partial charge in [0, 0.05) is 10.9 Å². The highest BCUT2D eigenvalue weighted by Gasteiger charge is 2.40. The fourth-order valence-electron chi connectivity index (χ4n) is 3.07. The maximum absolute atomic E-state index is 13.8. The predicted molar refractivity (Wildman–Crippen MR) is 106 cm³/mol. The Morgan fingerprint density at radius 3 is 2.64 bits per heavy atom. The molecule has 1 aliphatic heterocycles. The average molecular weight is 448 g/mol. The van der Waals surface area contributed by atoms with E-state index in [1.807, 2.05) is 30.3 Å². The molecule has 1 fully saturated rings. The van der Waals surface area contributed by atoms with Crippen LogP contribution in [0.25, 0.3) is 0 Å². The van der Waals surface area contributed by atoms with Gasteiger partial charge in [-0.3, -0.25) is 14.5 Å². The predicted octanol–water partition coefficient (Wildman–Crippen LogP) is 3.99. The van der Waals surface area contributed by atoms with Gasteiger partial charge in [-0.2, -0.15) is 0 Å². The Morgan fingerprint density at radius 2 is 1.96 bits per heavy atom. The molecular weight excluding hydrogens is 429 g/mol. The van der Waals surface area contributed by atoms with Gasteiger partial charge in [0.15, 0.2) is 0 Å². The van der Waals surface area contributed by atoms with Crippen LogP contribution in [0.15, 0.2) is 53.0 Å². The number of rotatable bonds is 6. The van der Waals surface area contributed by atoms with Gasteiger partial charge in [-0.15, -0.1) is 0 Å². The number of carbonyl (C=O) groups is 3. The zero-order valence-corrected chi connectivity index (χ0v) is 16.7. The summed E-state index contributed by atoms with van der Waals surface area (Å²) in [5.74, 6) is -1.36. The van der Waals surface area contributed by atoms with E-state index < -0.39 is 29.8 Å². The van der Waals surface area contributed by atoms with Crippen LogP contribution in [0.3, 0.4) is 0 Å². The molecule has 2 atom stereocenters. The van der Waals surface area contributed by atoms with Crippen molar-refractivity contribution in [1.29, 1.82) is 0 Å². The van der Waals surface area contributed by atoms with Crippen LogP contribution in [0.4, 0.5) is 14.9 Å². The highest BCUT2D eigenvalue weighted by molar-refractivity contribution is 9.10. The van der Waals surface area contributed by atoms with E-state index in [1.54, 1.807) is 13.0 Å². The molecule has 0 radical (unpaired) electrons. The number of benzene rings is 2. The minimum atomic E-state index is -0.779. The molecule has 0 aromatic heterocycles. The molecule has 0 bridgehead atoms. The Bertz CT molecular complexity index is 907. The number of urea groups is 1. The number of carbonyl (C=O) groups excluding carboxylic acids is 3. The molecule has 1 saturated heterocycles. The number of nitrogens with zero attached hydrogens (tertiary/aromatic N) is 1. The Balaban J connectivity index is 1.58. The van der Waals surface area contributed by atoms with Gasteiger partial charge in [-0.1, -0.05) is 46.3 Å². The van der Waals surface area contributed by atoms with Crippen molar-refractivity contribution in [3.05, 3.63) is 64.4 Å².